The molecule has 0 saturated carbocycles. The van der Waals surface area contributed by atoms with Gasteiger partial charge in [-0.3, -0.25) is 0 Å². The van der Waals surface area contributed by atoms with Crippen molar-refractivity contribution in [3.63, 3.8) is 0 Å². The van der Waals surface area contributed by atoms with Gasteiger partial charge in [-0.05, 0) is 32.0 Å². The highest BCUT2D eigenvalue weighted by Gasteiger charge is 2.38. The third-order valence-corrected chi connectivity index (χ3v) is 6.92. The molecule has 7 heteroatoms. The lowest BCUT2D eigenvalue weighted by Crippen LogP contribution is -2.33. The van der Waals surface area contributed by atoms with Gasteiger partial charge < -0.3 is 4.90 Å². The fraction of sp³-hybridized carbons (Fsp3) is 0.444. The average molecular weight is 358 g/mol. The summed E-state index contributed by atoms with van der Waals surface area (Å²) >= 11 is 0. The quantitative estimate of drug-likeness (QED) is 0.839. The molecule has 1 atom stereocenters. The number of nitrogens with zero attached hydrogens (tertiary/aromatic N) is 4. The maximum Gasteiger partial charge on any atom is 0.243 e. The molecule has 1 aromatic heterocycles. The maximum absolute atomic E-state index is 13.0. The first-order valence-corrected chi connectivity index (χ1v) is 10.1. The van der Waals surface area contributed by atoms with E-state index in [-0.39, 0.29) is 6.04 Å². The molecule has 1 fully saturated rings. The van der Waals surface area contributed by atoms with Crippen LogP contribution in [-0.2, 0) is 23.0 Å². The van der Waals surface area contributed by atoms with Crippen LogP contribution >= 0.6 is 0 Å². The van der Waals surface area contributed by atoms with Crippen LogP contribution in [0.2, 0.25) is 0 Å². The van der Waals surface area contributed by atoms with Crippen molar-refractivity contribution >= 4 is 10.0 Å². The minimum Gasteiger partial charge on any atom is -0.302 e. The third-order valence-electron chi connectivity index (χ3n) is 4.99. The van der Waals surface area contributed by atoms with Crippen molar-refractivity contribution < 1.29 is 8.42 Å². The topological polar surface area (TPSA) is 66.4 Å². The number of likely N-dealkylation sites (N-methyl/N-ethyl adjacent to an activating group) is 1. The Hall–Kier alpha value is -1.83. The Morgan fingerprint density at radius 3 is 2.76 bits per heavy atom. The Morgan fingerprint density at radius 2 is 1.96 bits per heavy atom. The van der Waals surface area contributed by atoms with Crippen LogP contribution in [0.1, 0.15) is 36.0 Å². The summed E-state index contributed by atoms with van der Waals surface area (Å²) in [6, 6.07) is 8.36. The van der Waals surface area contributed by atoms with Gasteiger partial charge in [-0.25, -0.2) is 18.4 Å². The normalized spacial score (nSPS) is 22.0. The van der Waals surface area contributed by atoms with Gasteiger partial charge in [0.05, 0.1) is 10.9 Å². The molecular formula is C18H22N4O2S. The Labute approximate surface area is 148 Å². The molecule has 2 aliphatic heterocycles. The first-order chi connectivity index (χ1) is 12.1. The van der Waals surface area contributed by atoms with E-state index in [9.17, 15) is 8.42 Å². The van der Waals surface area contributed by atoms with Crippen molar-refractivity contribution in [3.8, 4) is 0 Å². The van der Waals surface area contributed by atoms with Crippen LogP contribution in [0, 0.1) is 0 Å². The molecule has 1 aromatic carbocycles. The number of rotatable bonds is 3. The molecular weight excluding hydrogens is 336 g/mol. The van der Waals surface area contributed by atoms with E-state index in [2.05, 4.69) is 16.9 Å². The molecule has 6 nitrogen and oxygen atoms in total. The summed E-state index contributed by atoms with van der Waals surface area (Å²) in [5.74, 6) is 0.639. The summed E-state index contributed by atoms with van der Waals surface area (Å²) in [6.45, 7) is 2.34. The van der Waals surface area contributed by atoms with E-state index in [0.29, 0.717) is 17.3 Å². The fourth-order valence-corrected chi connectivity index (χ4v) is 5.32. The van der Waals surface area contributed by atoms with Crippen LogP contribution in [0.25, 0.3) is 0 Å². The van der Waals surface area contributed by atoms with Crippen molar-refractivity contribution in [3.05, 3.63) is 53.6 Å². The zero-order valence-corrected chi connectivity index (χ0v) is 15.1. The number of hydrogen-bond donors (Lipinski definition) is 0. The minimum absolute atomic E-state index is 0.268. The predicted octanol–water partition coefficient (Wildman–Crippen LogP) is 1.99. The first-order valence-electron chi connectivity index (χ1n) is 8.66. The zero-order chi connectivity index (χ0) is 17.4. The predicted molar refractivity (Wildman–Crippen MR) is 94.4 cm³/mol. The number of hydrogen-bond acceptors (Lipinski definition) is 5. The van der Waals surface area contributed by atoms with Gasteiger partial charge in [0.25, 0.3) is 0 Å². The molecule has 0 spiro atoms. The van der Waals surface area contributed by atoms with Gasteiger partial charge in [-0.2, -0.15) is 4.31 Å². The number of sulfonamides is 1. The van der Waals surface area contributed by atoms with E-state index >= 15 is 0 Å². The van der Waals surface area contributed by atoms with Crippen molar-refractivity contribution in [1.82, 2.24) is 19.2 Å². The Bertz CT molecular complexity index is 870. The van der Waals surface area contributed by atoms with Gasteiger partial charge in [-0.1, -0.05) is 18.2 Å². The molecule has 0 unspecified atom stereocenters. The highest BCUT2D eigenvalue weighted by atomic mass is 32.2. The smallest absolute Gasteiger partial charge is 0.243 e. The monoisotopic (exact) mass is 358 g/mol. The molecule has 0 radical (unpaired) electrons. The van der Waals surface area contributed by atoms with Crippen LogP contribution in [0.15, 0.2) is 41.4 Å². The molecule has 3 heterocycles. The number of aromatic nitrogens is 2. The van der Waals surface area contributed by atoms with E-state index in [1.165, 1.54) is 0 Å². The number of fused-ring (bicyclic) bond motifs is 1. The molecule has 0 aliphatic carbocycles. The van der Waals surface area contributed by atoms with Gasteiger partial charge >= 0.3 is 0 Å². The number of benzene rings is 1. The molecule has 2 aliphatic rings. The fourth-order valence-electron chi connectivity index (χ4n) is 3.65. The van der Waals surface area contributed by atoms with E-state index in [1.54, 1.807) is 28.6 Å². The largest absolute Gasteiger partial charge is 0.302 e. The van der Waals surface area contributed by atoms with Gasteiger partial charge in [0.1, 0.15) is 5.82 Å². The zero-order valence-electron chi connectivity index (χ0n) is 14.3. The van der Waals surface area contributed by atoms with Crippen molar-refractivity contribution in [2.45, 2.75) is 36.7 Å². The lowest BCUT2D eigenvalue weighted by Gasteiger charge is -2.26. The first kappa shape index (κ1) is 16.6. The van der Waals surface area contributed by atoms with Crippen LogP contribution in [0.4, 0.5) is 0 Å². The molecule has 0 N–H and O–H groups in total. The van der Waals surface area contributed by atoms with Gasteiger partial charge in [-0.15, -0.1) is 0 Å². The van der Waals surface area contributed by atoms with Crippen LogP contribution in [-0.4, -0.2) is 47.7 Å². The van der Waals surface area contributed by atoms with Crippen LogP contribution < -0.4 is 0 Å². The molecule has 4 rings (SSSR count). The van der Waals surface area contributed by atoms with Gasteiger partial charge in [0.15, 0.2) is 0 Å². The standard InChI is InChI=1S/C18H22N4O2S/c1-21-11-9-16-14(13-21)12-19-18(20-16)17-8-5-10-22(17)25(23,24)15-6-3-2-4-7-15/h2-4,6-7,12,17H,5,8-11,13H2,1H3/t17-/m0/s1. The van der Waals surface area contributed by atoms with Gasteiger partial charge in [0, 0.05) is 43.5 Å². The molecule has 1 saturated heterocycles. The third kappa shape index (κ3) is 3.07. The summed E-state index contributed by atoms with van der Waals surface area (Å²) in [6.07, 6.45) is 4.36. The van der Waals surface area contributed by atoms with Crippen molar-refractivity contribution in [2.24, 2.45) is 0 Å². The second kappa shape index (κ2) is 6.48. The lowest BCUT2D eigenvalue weighted by molar-refractivity contribution is 0.306. The Morgan fingerprint density at radius 1 is 1.16 bits per heavy atom. The average Bonchev–Trinajstić information content (AvgIpc) is 3.12. The highest BCUT2D eigenvalue weighted by Crippen LogP contribution is 2.35. The van der Waals surface area contributed by atoms with E-state index in [0.717, 1.165) is 43.6 Å². The summed E-state index contributed by atoms with van der Waals surface area (Å²) < 4.78 is 27.6. The molecule has 0 bridgehead atoms. The molecule has 25 heavy (non-hydrogen) atoms. The second-order valence-electron chi connectivity index (χ2n) is 6.77. The summed E-state index contributed by atoms with van der Waals surface area (Å²) in [7, 11) is -1.44. The van der Waals surface area contributed by atoms with Gasteiger partial charge in [0.2, 0.25) is 10.0 Å². The van der Waals surface area contributed by atoms with Crippen molar-refractivity contribution in [1.29, 1.82) is 0 Å². The van der Waals surface area contributed by atoms with Crippen LogP contribution in [0.3, 0.4) is 0 Å². The van der Waals surface area contributed by atoms with Crippen LogP contribution in [0.5, 0.6) is 0 Å². The maximum atomic E-state index is 13.0. The molecule has 132 valence electrons. The van der Waals surface area contributed by atoms with E-state index < -0.39 is 10.0 Å². The summed E-state index contributed by atoms with van der Waals surface area (Å²) in [5.41, 5.74) is 2.21. The summed E-state index contributed by atoms with van der Waals surface area (Å²) in [4.78, 5) is 11.8. The highest BCUT2D eigenvalue weighted by molar-refractivity contribution is 7.89. The Balaban J connectivity index is 1.66. The van der Waals surface area contributed by atoms with E-state index in [4.69, 9.17) is 4.98 Å². The second-order valence-corrected chi connectivity index (χ2v) is 8.67. The van der Waals surface area contributed by atoms with Crippen molar-refractivity contribution in [2.75, 3.05) is 20.1 Å². The lowest BCUT2D eigenvalue weighted by atomic mass is 10.1. The summed E-state index contributed by atoms with van der Waals surface area (Å²) in [5, 5.41) is 0. The minimum atomic E-state index is -3.52. The SMILES string of the molecule is CN1CCc2nc([C@@H]3CCCN3S(=O)(=O)c3ccccc3)ncc2C1. The molecule has 0 amide bonds. The molecule has 2 aromatic rings. The van der Waals surface area contributed by atoms with E-state index in [1.807, 2.05) is 12.3 Å². The Kier molecular flexibility index (Phi) is 4.31.